The van der Waals surface area contributed by atoms with E-state index in [0.29, 0.717) is 14.6 Å². The maximum Gasteiger partial charge on any atom is 0.123 e. The molecule has 3 unspecified atom stereocenters. The molecule has 1 saturated carbocycles. The Balaban J connectivity index is 1.57. The van der Waals surface area contributed by atoms with Crippen LogP contribution in [0.1, 0.15) is 44.9 Å². The summed E-state index contributed by atoms with van der Waals surface area (Å²) in [5, 5.41) is 6.05. The minimum absolute atomic E-state index is 0.199. The van der Waals surface area contributed by atoms with Gasteiger partial charge in [0.2, 0.25) is 0 Å². The van der Waals surface area contributed by atoms with E-state index in [4.69, 9.17) is 0 Å². The number of hydrogen-bond donors (Lipinski definition) is 0. The Morgan fingerprint density at radius 2 is 1.85 bits per heavy atom. The Labute approximate surface area is 162 Å². The highest BCUT2D eigenvalue weighted by atomic mass is 32.2. The van der Waals surface area contributed by atoms with E-state index < -0.39 is 0 Å². The van der Waals surface area contributed by atoms with Crippen LogP contribution < -0.4 is 0 Å². The summed E-state index contributed by atoms with van der Waals surface area (Å²) in [5.74, 6) is -0.211. The summed E-state index contributed by atoms with van der Waals surface area (Å²) in [4.78, 5) is 0. The Morgan fingerprint density at radius 1 is 1.15 bits per heavy atom. The lowest BCUT2D eigenvalue weighted by Gasteiger charge is -2.42. The molecule has 0 N–H and O–H groups in total. The molecule has 1 aliphatic heterocycles. The lowest BCUT2D eigenvalue weighted by Crippen LogP contribution is -2.38. The first-order valence-electron chi connectivity index (χ1n) is 9.31. The highest BCUT2D eigenvalue weighted by molar-refractivity contribution is 8.22. The van der Waals surface area contributed by atoms with Gasteiger partial charge in [0.1, 0.15) is 5.82 Å². The van der Waals surface area contributed by atoms with Crippen molar-refractivity contribution >= 4 is 29.6 Å². The molecule has 2 aromatic rings. The maximum absolute atomic E-state index is 13.3. The SMILES string of the molecule is CC1SC2(CCC3=Cc4c(cnn4-c4ccc(F)cc4)CC32C)SC1C. The molecule has 3 atom stereocenters. The van der Waals surface area contributed by atoms with Crippen LogP contribution in [-0.4, -0.2) is 24.4 Å². The number of fused-ring (bicyclic) bond motifs is 3. The van der Waals surface area contributed by atoms with Crippen molar-refractivity contribution < 1.29 is 4.39 Å². The molecule has 3 aliphatic rings. The summed E-state index contributed by atoms with van der Waals surface area (Å²) in [6.45, 7) is 7.22. The Hall–Kier alpha value is -1.20. The second kappa shape index (κ2) is 5.65. The lowest BCUT2D eigenvalue weighted by atomic mass is 9.74. The normalized spacial score (nSPS) is 35.5. The van der Waals surface area contributed by atoms with Gasteiger partial charge in [0.05, 0.1) is 21.7 Å². The average molecular weight is 387 g/mol. The molecule has 5 rings (SSSR count). The van der Waals surface area contributed by atoms with Crippen LogP contribution in [0, 0.1) is 11.2 Å². The molecule has 2 heterocycles. The fourth-order valence-corrected chi connectivity index (χ4v) is 9.21. The van der Waals surface area contributed by atoms with E-state index in [0.717, 1.165) is 12.1 Å². The molecule has 2 nitrogen and oxygen atoms in total. The van der Waals surface area contributed by atoms with Crippen LogP contribution in [-0.2, 0) is 6.42 Å². The first kappa shape index (κ1) is 16.9. The zero-order valence-electron chi connectivity index (χ0n) is 15.3. The van der Waals surface area contributed by atoms with Gasteiger partial charge in [-0.25, -0.2) is 9.07 Å². The van der Waals surface area contributed by atoms with E-state index in [9.17, 15) is 4.39 Å². The standard InChI is InChI=1S/C21H23FN2S2/c1-13-14(2)26-21(25-13)9-8-16-10-19-15(11-20(16,21)3)12-23-24(19)18-6-4-17(22)5-7-18/h4-7,10,12-14H,8-9,11H2,1-3H3. The second-order valence-corrected chi connectivity index (χ2v) is 11.6. The fraction of sp³-hybridized carbons (Fsp3) is 0.476. The maximum atomic E-state index is 13.3. The molecule has 5 heteroatoms. The van der Waals surface area contributed by atoms with Crippen LogP contribution >= 0.6 is 23.5 Å². The number of nitrogens with zero attached hydrogens (tertiary/aromatic N) is 2. The monoisotopic (exact) mass is 386 g/mol. The molecule has 0 bridgehead atoms. The Kier molecular flexibility index (Phi) is 3.68. The summed E-state index contributed by atoms with van der Waals surface area (Å²) in [6, 6.07) is 6.61. The van der Waals surface area contributed by atoms with E-state index in [1.807, 2.05) is 10.9 Å². The number of halogens is 1. The molecule has 1 spiro atoms. The molecule has 2 aliphatic carbocycles. The van der Waals surface area contributed by atoms with Crippen molar-refractivity contribution in [2.45, 2.75) is 54.6 Å². The molecule has 0 amide bonds. The lowest BCUT2D eigenvalue weighted by molar-refractivity contribution is 0.394. The molecule has 1 saturated heterocycles. The topological polar surface area (TPSA) is 17.8 Å². The highest BCUT2D eigenvalue weighted by Crippen LogP contribution is 2.70. The third kappa shape index (κ3) is 2.22. The summed E-state index contributed by atoms with van der Waals surface area (Å²) in [5.41, 5.74) is 5.18. The molecule has 1 aromatic heterocycles. The summed E-state index contributed by atoms with van der Waals surface area (Å²) >= 11 is 4.40. The van der Waals surface area contributed by atoms with E-state index in [1.54, 1.807) is 17.7 Å². The van der Waals surface area contributed by atoms with Crippen molar-refractivity contribution in [3.63, 3.8) is 0 Å². The van der Waals surface area contributed by atoms with Crippen molar-refractivity contribution in [2.75, 3.05) is 0 Å². The van der Waals surface area contributed by atoms with Gasteiger partial charge in [-0.15, -0.1) is 23.5 Å². The number of rotatable bonds is 1. The van der Waals surface area contributed by atoms with Crippen molar-refractivity contribution in [3.8, 4) is 5.69 Å². The van der Waals surface area contributed by atoms with Gasteiger partial charge in [-0.05, 0) is 55.2 Å². The number of hydrogen-bond acceptors (Lipinski definition) is 3. The van der Waals surface area contributed by atoms with E-state index in [1.165, 1.54) is 36.2 Å². The number of benzene rings is 1. The Bertz CT molecular complexity index is 891. The minimum atomic E-state index is -0.211. The predicted molar refractivity (Wildman–Crippen MR) is 109 cm³/mol. The van der Waals surface area contributed by atoms with Crippen molar-refractivity contribution in [3.05, 3.63) is 53.1 Å². The summed E-state index contributed by atoms with van der Waals surface area (Å²) in [6.07, 6.45) is 7.87. The zero-order chi connectivity index (χ0) is 18.1. The van der Waals surface area contributed by atoms with Crippen molar-refractivity contribution in [1.82, 2.24) is 9.78 Å². The van der Waals surface area contributed by atoms with Gasteiger partial charge in [0, 0.05) is 15.9 Å². The highest BCUT2D eigenvalue weighted by Gasteiger charge is 2.60. The zero-order valence-corrected chi connectivity index (χ0v) is 17.0. The molecule has 1 aromatic carbocycles. The first-order chi connectivity index (χ1) is 12.4. The third-order valence-corrected chi connectivity index (χ3v) is 10.9. The van der Waals surface area contributed by atoms with Crippen LogP contribution in [0.15, 0.2) is 36.0 Å². The van der Waals surface area contributed by atoms with Gasteiger partial charge in [-0.1, -0.05) is 26.3 Å². The molecule has 2 fully saturated rings. The minimum Gasteiger partial charge on any atom is -0.233 e. The Morgan fingerprint density at radius 3 is 2.54 bits per heavy atom. The first-order valence-corrected chi connectivity index (χ1v) is 11.1. The van der Waals surface area contributed by atoms with Crippen LogP contribution in [0.2, 0.25) is 0 Å². The average Bonchev–Trinajstić information content (AvgIpc) is 3.22. The van der Waals surface area contributed by atoms with Crippen molar-refractivity contribution in [2.24, 2.45) is 5.41 Å². The van der Waals surface area contributed by atoms with E-state index in [2.05, 4.69) is 55.5 Å². The quantitative estimate of drug-likeness (QED) is 0.626. The number of allylic oxidation sites excluding steroid dienone is 1. The number of aromatic nitrogens is 2. The number of thioether (sulfide) groups is 2. The van der Waals surface area contributed by atoms with E-state index >= 15 is 0 Å². The van der Waals surface area contributed by atoms with Crippen molar-refractivity contribution in [1.29, 1.82) is 0 Å². The van der Waals surface area contributed by atoms with Gasteiger partial charge in [-0.3, -0.25) is 0 Å². The van der Waals surface area contributed by atoms with Gasteiger partial charge in [0.15, 0.2) is 0 Å². The smallest absolute Gasteiger partial charge is 0.123 e. The third-order valence-electron chi connectivity index (χ3n) is 6.50. The van der Waals surface area contributed by atoms with E-state index in [-0.39, 0.29) is 11.2 Å². The molecular formula is C21H23FN2S2. The predicted octanol–water partition coefficient (Wildman–Crippen LogP) is 5.70. The van der Waals surface area contributed by atoms with Crippen LogP contribution in [0.3, 0.4) is 0 Å². The molecule has 0 radical (unpaired) electrons. The fourth-order valence-electron chi connectivity index (χ4n) is 4.79. The second-order valence-electron chi connectivity index (χ2n) is 8.02. The van der Waals surface area contributed by atoms with Gasteiger partial charge in [-0.2, -0.15) is 5.10 Å². The molecule has 136 valence electrons. The van der Waals surface area contributed by atoms with Crippen LogP contribution in [0.5, 0.6) is 0 Å². The molecule has 26 heavy (non-hydrogen) atoms. The van der Waals surface area contributed by atoms with Crippen LogP contribution in [0.4, 0.5) is 4.39 Å². The van der Waals surface area contributed by atoms with Gasteiger partial charge < -0.3 is 0 Å². The van der Waals surface area contributed by atoms with Gasteiger partial charge in [0.25, 0.3) is 0 Å². The summed E-state index contributed by atoms with van der Waals surface area (Å²) < 4.78 is 15.5. The summed E-state index contributed by atoms with van der Waals surface area (Å²) in [7, 11) is 0. The van der Waals surface area contributed by atoms with Gasteiger partial charge >= 0.3 is 0 Å². The molecular weight excluding hydrogens is 363 g/mol. The van der Waals surface area contributed by atoms with Crippen LogP contribution in [0.25, 0.3) is 11.8 Å². The largest absolute Gasteiger partial charge is 0.233 e.